The number of methoxy groups -OCH3 is 1. The van der Waals surface area contributed by atoms with Gasteiger partial charge in [-0.25, -0.2) is 0 Å². The molecule has 2 aliphatic carbocycles. The molecule has 39 heavy (non-hydrogen) atoms. The van der Waals surface area contributed by atoms with Gasteiger partial charge in [0.1, 0.15) is 17.2 Å². The SMILES string of the molecule is COc1ccc2c(-c3ccc(O)cc3)nnc(N(C)C3CCC(Cc4ccc5c(c4)C=CCC=C5)CC3)c2c1. The van der Waals surface area contributed by atoms with Crippen LogP contribution in [0.1, 0.15) is 48.8 Å². The van der Waals surface area contributed by atoms with Gasteiger partial charge < -0.3 is 14.7 Å². The summed E-state index contributed by atoms with van der Waals surface area (Å²) in [5.41, 5.74) is 5.83. The van der Waals surface area contributed by atoms with E-state index in [1.807, 2.05) is 18.2 Å². The molecular weight excluding hydrogens is 482 g/mol. The summed E-state index contributed by atoms with van der Waals surface area (Å²) in [6, 6.07) is 20.6. The zero-order valence-corrected chi connectivity index (χ0v) is 22.7. The monoisotopic (exact) mass is 517 g/mol. The lowest BCUT2D eigenvalue weighted by molar-refractivity contribution is 0.318. The molecule has 0 amide bonds. The fraction of sp³-hybridized carbons (Fsp3) is 0.294. The van der Waals surface area contributed by atoms with Crippen molar-refractivity contribution < 1.29 is 9.84 Å². The van der Waals surface area contributed by atoms with E-state index >= 15 is 0 Å². The van der Waals surface area contributed by atoms with E-state index in [-0.39, 0.29) is 5.75 Å². The Kier molecular flexibility index (Phi) is 7.06. The number of phenolic OH excluding ortho intramolecular Hbond substituents is 1. The fourth-order valence-corrected chi connectivity index (χ4v) is 6.10. The second-order valence-corrected chi connectivity index (χ2v) is 10.8. The third-order valence-corrected chi connectivity index (χ3v) is 8.35. The molecule has 198 valence electrons. The molecule has 5 heteroatoms. The van der Waals surface area contributed by atoms with Crippen LogP contribution < -0.4 is 9.64 Å². The molecule has 0 radical (unpaired) electrons. The lowest BCUT2D eigenvalue weighted by Gasteiger charge is -2.35. The first-order valence-electron chi connectivity index (χ1n) is 13.9. The number of aromatic nitrogens is 2. The molecule has 1 heterocycles. The standard InChI is InChI=1S/C34H35N3O2/c1-37(28-14-9-23(10-15-28)20-24-8-11-25-6-4-3-5-7-27(25)21-24)34-32-22-30(39-2)18-19-31(32)33(35-36-34)26-12-16-29(38)17-13-26/h4-8,11-13,16-19,21-23,28,38H,3,9-10,14-15,20H2,1-2H3. The first-order chi connectivity index (χ1) is 19.1. The van der Waals surface area contributed by atoms with Crippen molar-refractivity contribution in [3.8, 4) is 22.8 Å². The molecule has 0 saturated heterocycles. The fourth-order valence-electron chi connectivity index (χ4n) is 6.10. The van der Waals surface area contributed by atoms with Gasteiger partial charge in [0.15, 0.2) is 5.82 Å². The molecule has 2 aliphatic rings. The number of anilines is 1. The first kappa shape index (κ1) is 25.2. The summed E-state index contributed by atoms with van der Waals surface area (Å²) >= 11 is 0. The van der Waals surface area contributed by atoms with Crippen molar-refractivity contribution in [2.24, 2.45) is 5.92 Å². The molecule has 4 aromatic rings. The molecular formula is C34H35N3O2. The van der Waals surface area contributed by atoms with Gasteiger partial charge in [0.05, 0.1) is 7.11 Å². The van der Waals surface area contributed by atoms with E-state index < -0.39 is 0 Å². The van der Waals surface area contributed by atoms with Crippen LogP contribution in [0.5, 0.6) is 11.5 Å². The highest BCUT2D eigenvalue weighted by Crippen LogP contribution is 2.37. The topological polar surface area (TPSA) is 58.5 Å². The van der Waals surface area contributed by atoms with E-state index in [0.717, 1.165) is 59.3 Å². The molecule has 5 nitrogen and oxygen atoms in total. The van der Waals surface area contributed by atoms with Gasteiger partial charge in [-0.15, -0.1) is 10.2 Å². The van der Waals surface area contributed by atoms with E-state index in [9.17, 15) is 5.11 Å². The van der Waals surface area contributed by atoms with Crippen molar-refractivity contribution >= 4 is 28.7 Å². The Balaban J connectivity index is 1.20. The molecule has 0 bridgehead atoms. The smallest absolute Gasteiger partial charge is 0.159 e. The number of benzene rings is 3. The molecule has 3 aromatic carbocycles. The van der Waals surface area contributed by atoms with Gasteiger partial charge in [0, 0.05) is 29.4 Å². The number of nitrogens with zero attached hydrogens (tertiary/aromatic N) is 3. The molecule has 1 saturated carbocycles. The Morgan fingerprint density at radius 2 is 1.62 bits per heavy atom. The predicted octanol–water partition coefficient (Wildman–Crippen LogP) is 7.68. The Labute approximate surface area is 230 Å². The van der Waals surface area contributed by atoms with Crippen LogP contribution in [0.15, 0.2) is 72.8 Å². The molecule has 0 spiro atoms. The molecule has 1 fully saturated rings. The summed E-state index contributed by atoms with van der Waals surface area (Å²) < 4.78 is 5.57. The highest BCUT2D eigenvalue weighted by molar-refractivity contribution is 6.01. The summed E-state index contributed by atoms with van der Waals surface area (Å²) in [5, 5.41) is 21.2. The molecule has 0 aliphatic heterocycles. The van der Waals surface area contributed by atoms with Crippen LogP contribution >= 0.6 is 0 Å². The minimum Gasteiger partial charge on any atom is -0.508 e. The van der Waals surface area contributed by atoms with E-state index in [1.54, 1.807) is 19.2 Å². The predicted molar refractivity (Wildman–Crippen MR) is 160 cm³/mol. The number of fused-ring (bicyclic) bond motifs is 2. The quantitative estimate of drug-likeness (QED) is 0.284. The number of hydrogen-bond acceptors (Lipinski definition) is 5. The molecule has 6 rings (SSSR count). The van der Waals surface area contributed by atoms with Gasteiger partial charge in [-0.3, -0.25) is 0 Å². The summed E-state index contributed by atoms with van der Waals surface area (Å²) in [6.07, 6.45) is 15.8. The van der Waals surface area contributed by atoms with Crippen LogP contribution in [-0.2, 0) is 6.42 Å². The van der Waals surface area contributed by atoms with Gasteiger partial charge in [-0.1, -0.05) is 42.5 Å². The Bertz CT molecular complexity index is 1530. The van der Waals surface area contributed by atoms with Crippen LogP contribution in [-0.4, -0.2) is 35.5 Å². The summed E-state index contributed by atoms with van der Waals surface area (Å²) in [4.78, 5) is 2.32. The zero-order chi connectivity index (χ0) is 26.8. The van der Waals surface area contributed by atoms with E-state index in [0.29, 0.717) is 12.0 Å². The van der Waals surface area contributed by atoms with Gasteiger partial charge in [0.25, 0.3) is 0 Å². The average Bonchev–Trinajstić information content (AvgIpc) is 3.22. The van der Waals surface area contributed by atoms with Gasteiger partial charge in [-0.2, -0.15) is 0 Å². The minimum atomic E-state index is 0.237. The minimum absolute atomic E-state index is 0.237. The average molecular weight is 518 g/mol. The number of rotatable bonds is 6. The van der Waals surface area contributed by atoms with Crippen LogP contribution in [0.4, 0.5) is 5.82 Å². The van der Waals surface area contributed by atoms with Crippen molar-refractivity contribution in [1.29, 1.82) is 0 Å². The second-order valence-electron chi connectivity index (χ2n) is 10.8. The highest BCUT2D eigenvalue weighted by Gasteiger charge is 2.27. The lowest BCUT2D eigenvalue weighted by Crippen LogP contribution is -2.36. The van der Waals surface area contributed by atoms with E-state index in [2.05, 4.69) is 71.7 Å². The summed E-state index contributed by atoms with van der Waals surface area (Å²) in [7, 11) is 3.85. The van der Waals surface area contributed by atoms with Crippen molar-refractivity contribution in [2.45, 2.75) is 44.6 Å². The van der Waals surface area contributed by atoms with Crippen LogP contribution in [0, 0.1) is 5.92 Å². The summed E-state index contributed by atoms with van der Waals surface area (Å²) in [5.74, 6) is 2.63. The Hall–Kier alpha value is -4.12. The number of hydrogen-bond donors (Lipinski definition) is 1. The van der Waals surface area contributed by atoms with Crippen molar-refractivity contribution in [1.82, 2.24) is 10.2 Å². The Morgan fingerprint density at radius 1 is 0.846 bits per heavy atom. The maximum Gasteiger partial charge on any atom is 0.159 e. The second kappa shape index (κ2) is 10.9. The van der Waals surface area contributed by atoms with Crippen LogP contribution in [0.25, 0.3) is 34.2 Å². The lowest BCUT2D eigenvalue weighted by atomic mass is 9.81. The van der Waals surface area contributed by atoms with E-state index in [4.69, 9.17) is 9.84 Å². The normalized spacial score (nSPS) is 18.5. The van der Waals surface area contributed by atoms with Gasteiger partial charge >= 0.3 is 0 Å². The van der Waals surface area contributed by atoms with Crippen molar-refractivity contribution in [3.63, 3.8) is 0 Å². The van der Waals surface area contributed by atoms with Crippen LogP contribution in [0.2, 0.25) is 0 Å². The maximum absolute atomic E-state index is 9.74. The van der Waals surface area contributed by atoms with Crippen molar-refractivity contribution in [3.05, 3.63) is 89.5 Å². The number of ether oxygens (including phenoxy) is 1. The van der Waals surface area contributed by atoms with Gasteiger partial charge in [0.2, 0.25) is 0 Å². The third kappa shape index (κ3) is 5.26. The molecule has 0 unspecified atom stereocenters. The van der Waals surface area contributed by atoms with Crippen molar-refractivity contribution in [2.75, 3.05) is 19.1 Å². The number of phenols is 1. The number of allylic oxidation sites excluding steroid dienone is 2. The van der Waals surface area contributed by atoms with Gasteiger partial charge in [-0.05, 0) is 104 Å². The maximum atomic E-state index is 9.74. The van der Waals surface area contributed by atoms with E-state index in [1.165, 1.54) is 29.5 Å². The molecule has 0 atom stereocenters. The first-order valence-corrected chi connectivity index (χ1v) is 13.9. The zero-order valence-electron chi connectivity index (χ0n) is 22.7. The van der Waals surface area contributed by atoms with Crippen LogP contribution in [0.3, 0.4) is 0 Å². The number of aromatic hydroxyl groups is 1. The Morgan fingerprint density at radius 3 is 2.38 bits per heavy atom. The largest absolute Gasteiger partial charge is 0.508 e. The highest BCUT2D eigenvalue weighted by atomic mass is 16.5. The molecule has 1 aromatic heterocycles. The molecule has 1 N–H and O–H groups in total. The third-order valence-electron chi connectivity index (χ3n) is 8.35. The summed E-state index contributed by atoms with van der Waals surface area (Å²) in [6.45, 7) is 0.